The number of esters is 1. The summed E-state index contributed by atoms with van der Waals surface area (Å²) in [5.41, 5.74) is 2.65. The zero-order valence-corrected chi connectivity index (χ0v) is 11.7. The van der Waals surface area contributed by atoms with Gasteiger partial charge in [0.2, 0.25) is 0 Å². The van der Waals surface area contributed by atoms with Crippen LogP contribution >= 0.6 is 0 Å². The molecule has 0 radical (unpaired) electrons. The Kier molecular flexibility index (Phi) is 6.24. The number of hydrogen-bond acceptors (Lipinski definition) is 4. The maximum absolute atomic E-state index is 11.8. The molecule has 1 rings (SSSR count). The lowest BCUT2D eigenvalue weighted by molar-refractivity contribution is -0.142. The molecule has 1 amide bonds. The van der Waals surface area contributed by atoms with Gasteiger partial charge in [0.25, 0.3) is 5.91 Å². The van der Waals surface area contributed by atoms with Gasteiger partial charge in [-0.25, -0.2) is 0 Å². The molecule has 0 aromatic heterocycles. The van der Waals surface area contributed by atoms with E-state index in [-0.39, 0.29) is 19.1 Å². The first-order chi connectivity index (χ1) is 9.54. The Bertz CT molecular complexity index is 532. The molecular formula is C15H18N2O3. The minimum atomic E-state index is -0.500. The fourth-order valence-electron chi connectivity index (χ4n) is 1.53. The molecule has 1 aromatic rings. The zero-order valence-electron chi connectivity index (χ0n) is 11.7. The number of ether oxygens (including phenoxy) is 1. The van der Waals surface area contributed by atoms with Gasteiger partial charge < -0.3 is 10.1 Å². The molecule has 20 heavy (non-hydrogen) atoms. The molecule has 106 valence electrons. The maximum Gasteiger partial charge on any atom is 0.325 e. The van der Waals surface area contributed by atoms with Gasteiger partial charge in [-0.2, -0.15) is 5.26 Å². The predicted molar refractivity (Wildman–Crippen MR) is 74.1 cm³/mol. The normalized spacial score (nSPS) is 9.65. The third-order valence-corrected chi connectivity index (χ3v) is 2.86. The lowest BCUT2D eigenvalue weighted by Gasteiger charge is -2.07. The predicted octanol–water partition coefficient (Wildman–Crippen LogP) is 1.88. The van der Waals surface area contributed by atoms with E-state index in [4.69, 9.17) is 10.00 Å². The molecule has 5 heteroatoms. The topological polar surface area (TPSA) is 79.2 Å². The first-order valence-corrected chi connectivity index (χ1v) is 6.42. The van der Waals surface area contributed by atoms with E-state index in [9.17, 15) is 9.59 Å². The Labute approximate surface area is 118 Å². The molecule has 0 saturated carbocycles. The van der Waals surface area contributed by atoms with Gasteiger partial charge >= 0.3 is 5.97 Å². The highest BCUT2D eigenvalue weighted by atomic mass is 16.5. The van der Waals surface area contributed by atoms with Gasteiger partial charge in [-0.1, -0.05) is 6.07 Å². The van der Waals surface area contributed by atoms with Crippen molar-refractivity contribution < 1.29 is 14.3 Å². The number of aryl methyl sites for hydroxylation is 2. The van der Waals surface area contributed by atoms with Crippen molar-refractivity contribution in [3.8, 4) is 6.07 Å². The van der Waals surface area contributed by atoms with Crippen molar-refractivity contribution in [2.75, 3.05) is 13.2 Å². The number of unbranched alkanes of at least 4 members (excludes halogenated alkanes) is 1. The van der Waals surface area contributed by atoms with E-state index in [1.165, 1.54) is 0 Å². The molecule has 0 aliphatic carbocycles. The van der Waals surface area contributed by atoms with Crippen molar-refractivity contribution in [1.29, 1.82) is 5.26 Å². The molecule has 0 aliphatic rings. The number of hydrogen-bond donors (Lipinski definition) is 1. The zero-order chi connectivity index (χ0) is 15.0. The molecule has 1 aromatic carbocycles. The summed E-state index contributed by atoms with van der Waals surface area (Å²) in [6, 6.07) is 7.33. The number of nitrogens with one attached hydrogen (secondary N) is 1. The molecular weight excluding hydrogens is 256 g/mol. The summed E-state index contributed by atoms with van der Waals surface area (Å²) in [6.07, 6.45) is 0.857. The summed E-state index contributed by atoms with van der Waals surface area (Å²) in [5.74, 6) is -0.804. The number of carbonyl (C=O) groups is 2. The van der Waals surface area contributed by atoms with E-state index >= 15 is 0 Å². The van der Waals surface area contributed by atoms with Crippen molar-refractivity contribution in [2.45, 2.75) is 26.7 Å². The van der Waals surface area contributed by atoms with Crippen LogP contribution in [0.2, 0.25) is 0 Å². The molecule has 0 saturated heterocycles. The summed E-state index contributed by atoms with van der Waals surface area (Å²) >= 11 is 0. The first kappa shape index (κ1) is 15.7. The largest absolute Gasteiger partial charge is 0.464 e. The van der Waals surface area contributed by atoms with Crippen LogP contribution in [0.25, 0.3) is 0 Å². The van der Waals surface area contributed by atoms with Crippen LogP contribution in [0.3, 0.4) is 0 Å². The van der Waals surface area contributed by atoms with Crippen LogP contribution in [0.1, 0.15) is 34.3 Å². The fraction of sp³-hybridized carbons (Fsp3) is 0.400. The van der Waals surface area contributed by atoms with Gasteiger partial charge in [-0.05, 0) is 43.5 Å². The molecule has 0 atom stereocenters. The van der Waals surface area contributed by atoms with Crippen molar-refractivity contribution in [3.05, 3.63) is 34.9 Å². The molecule has 0 heterocycles. The second-order valence-electron chi connectivity index (χ2n) is 4.46. The van der Waals surface area contributed by atoms with Gasteiger partial charge in [-0.15, -0.1) is 0 Å². The Morgan fingerprint density at radius 3 is 2.70 bits per heavy atom. The summed E-state index contributed by atoms with van der Waals surface area (Å²) in [5, 5.41) is 10.8. The number of amides is 1. The molecule has 0 fully saturated rings. The second-order valence-corrected chi connectivity index (χ2v) is 4.46. The van der Waals surface area contributed by atoms with Crippen LogP contribution in [0.4, 0.5) is 0 Å². The highest BCUT2D eigenvalue weighted by Gasteiger charge is 2.09. The number of rotatable bonds is 6. The lowest BCUT2D eigenvalue weighted by Crippen LogP contribution is -2.30. The van der Waals surface area contributed by atoms with Crippen LogP contribution in [0, 0.1) is 25.2 Å². The summed E-state index contributed by atoms with van der Waals surface area (Å²) in [4.78, 5) is 23.2. The number of nitrogens with zero attached hydrogens (tertiary/aromatic N) is 1. The quantitative estimate of drug-likeness (QED) is 0.634. The van der Waals surface area contributed by atoms with Gasteiger partial charge in [-0.3, -0.25) is 9.59 Å². The van der Waals surface area contributed by atoms with Gasteiger partial charge in [0.1, 0.15) is 6.54 Å². The van der Waals surface area contributed by atoms with E-state index in [0.717, 1.165) is 11.1 Å². The highest BCUT2D eigenvalue weighted by Crippen LogP contribution is 2.09. The molecule has 0 spiro atoms. The average Bonchev–Trinajstić information content (AvgIpc) is 2.44. The van der Waals surface area contributed by atoms with Crippen LogP contribution in [-0.4, -0.2) is 25.0 Å². The molecule has 0 aliphatic heterocycles. The summed E-state index contributed by atoms with van der Waals surface area (Å²) in [7, 11) is 0. The van der Waals surface area contributed by atoms with E-state index < -0.39 is 5.97 Å². The third-order valence-electron chi connectivity index (χ3n) is 2.86. The van der Waals surface area contributed by atoms with E-state index in [1.807, 2.05) is 26.0 Å². The Balaban J connectivity index is 2.37. The standard InChI is InChI=1S/C15H18N2O3/c1-11-5-6-13(9-12(11)2)15(19)17-10-14(18)20-8-4-3-7-16/h5-6,9H,3-4,8,10H2,1-2H3,(H,17,19). The van der Waals surface area contributed by atoms with E-state index in [0.29, 0.717) is 18.4 Å². The Hall–Kier alpha value is -2.35. The van der Waals surface area contributed by atoms with E-state index in [2.05, 4.69) is 5.32 Å². The molecule has 0 unspecified atom stereocenters. The van der Waals surface area contributed by atoms with Crippen molar-refractivity contribution in [1.82, 2.24) is 5.32 Å². The number of nitriles is 1. The molecule has 5 nitrogen and oxygen atoms in total. The van der Waals surface area contributed by atoms with Crippen LogP contribution < -0.4 is 5.32 Å². The van der Waals surface area contributed by atoms with Crippen LogP contribution in [0.5, 0.6) is 0 Å². The summed E-state index contributed by atoms with van der Waals surface area (Å²) < 4.78 is 4.87. The van der Waals surface area contributed by atoms with Crippen LogP contribution in [-0.2, 0) is 9.53 Å². The number of carbonyl (C=O) groups excluding carboxylic acids is 2. The minimum Gasteiger partial charge on any atom is -0.464 e. The van der Waals surface area contributed by atoms with Crippen LogP contribution in [0.15, 0.2) is 18.2 Å². The molecule has 1 N–H and O–H groups in total. The molecule has 0 bridgehead atoms. The average molecular weight is 274 g/mol. The van der Waals surface area contributed by atoms with E-state index in [1.54, 1.807) is 12.1 Å². The Morgan fingerprint density at radius 2 is 2.05 bits per heavy atom. The first-order valence-electron chi connectivity index (χ1n) is 6.42. The van der Waals surface area contributed by atoms with Crippen molar-refractivity contribution in [2.24, 2.45) is 0 Å². The second kappa shape index (κ2) is 7.95. The van der Waals surface area contributed by atoms with Gasteiger partial charge in [0.05, 0.1) is 12.7 Å². The summed E-state index contributed by atoms with van der Waals surface area (Å²) in [6.45, 7) is 3.93. The lowest BCUT2D eigenvalue weighted by atomic mass is 10.1. The van der Waals surface area contributed by atoms with Crippen molar-refractivity contribution >= 4 is 11.9 Å². The fourth-order valence-corrected chi connectivity index (χ4v) is 1.53. The Morgan fingerprint density at radius 1 is 1.30 bits per heavy atom. The smallest absolute Gasteiger partial charge is 0.325 e. The van der Waals surface area contributed by atoms with Gasteiger partial charge in [0, 0.05) is 12.0 Å². The monoisotopic (exact) mass is 274 g/mol. The number of benzene rings is 1. The van der Waals surface area contributed by atoms with Crippen molar-refractivity contribution in [3.63, 3.8) is 0 Å². The maximum atomic E-state index is 11.8. The third kappa shape index (κ3) is 5.11. The van der Waals surface area contributed by atoms with Gasteiger partial charge in [0.15, 0.2) is 0 Å². The minimum absolute atomic E-state index is 0.168. The SMILES string of the molecule is Cc1ccc(C(=O)NCC(=O)OCCCC#N)cc1C. The highest BCUT2D eigenvalue weighted by molar-refractivity contribution is 5.96.